The van der Waals surface area contributed by atoms with Crippen LogP contribution < -0.4 is 34.6 Å². The van der Waals surface area contributed by atoms with Crippen molar-refractivity contribution in [2.24, 2.45) is 0 Å². The van der Waals surface area contributed by atoms with E-state index in [0.717, 1.165) is 39.8 Å². The van der Waals surface area contributed by atoms with E-state index in [0.29, 0.717) is 50.7 Å². The Morgan fingerprint density at radius 3 is 1.60 bits per heavy atom. The predicted octanol–water partition coefficient (Wildman–Crippen LogP) is 14.0. The summed E-state index contributed by atoms with van der Waals surface area (Å²) < 4.78 is 52.8. The van der Waals surface area contributed by atoms with Gasteiger partial charge in [-0.1, -0.05) is 55.1 Å². The molecule has 0 fully saturated rings. The van der Waals surface area contributed by atoms with Crippen LogP contribution in [0.15, 0.2) is 176 Å². The Morgan fingerprint density at radius 2 is 1.09 bits per heavy atom. The number of aromatic amines is 2. The van der Waals surface area contributed by atoms with E-state index in [-0.39, 0.29) is 23.7 Å². The molecular weight excluding hydrogens is 881 g/mol. The van der Waals surface area contributed by atoms with Gasteiger partial charge in [0, 0.05) is 56.4 Å². The molecule has 4 N–H and O–H groups in total. The Balaban J connectivity index is 0.000000184. The number of nitrogens with one attached hydrogen (secondary N) is 4. The molecule has 5 aromatic carbocycles. The number of fused-ring (bicyclic) bond motifs is 2. The summed E-state index contributed by atoms with van der Waals surface area (Å²) in [7, 11) is 0. The molecule has 4 heterocycles. The van der Waals surface area contributed by atoms with Crippen LogP contribution in [0.1, 0.15) is 46.0 Å². The minimum Gasteiger partial charge on any atom is -0.491 e. The lowest BCUT2D eigenvalue weighted by atomic mass is 10.1. The number of carbonyl (C=O) groups excluding carboxylic acids is 2. The number of nitrogens with zero attached hydrogens (tertiary/aromatic N) is 2. The molecule has 338 valence electrons. The van der Waals surface area contributed by atoms with Crippen LogP contribution in [0.25, 0.3) is 12.2 Å². The zero-order valence-corrected chi connectivity index (χ0v) is 36.8. The van der Waals surface area contributed by atoms with Crippen molar-refractivity contribution in [3.05, 3.63) is 204 Å². The van der Waals surface area contributed by atoms with Crippen LogP contribution in [0.4, 0.5) is 47.6 Å². The summed E-state index contributed by atoms with van der Waals surface area (Å²) >= 11 is 5.95. The van der Waals surface area contributed by atoms with Crippen molar-refractivity contribution in [2.45, 2.75) is 26.3 Å². The quantitative estimate of drug-likeness (QED) is 0.102. The van der Waals surface area contributed by atoms with Gasteiger partial charge in [0.1, 0.15) is 46.0 Å². The monoisotopic (exact) mass is 922 g/mol. The van der Waals surface area contributed by atoms with E-state index in [1.165, 1.54) is 24.3 Å². The molecule has 0 unspecified atom stereocenters. The molecule has 0 saturated heterocycles. The van der Waals surface area contributed by atoms with Crippen molar-refractivity contribution in [1.82, 2.24) is 9.97 Å². The molecule has 2 amide bonds. The summed E-state index contributed by atoms with van der Waals surface area (Å²) in [5, 5.41) is 6.21. The molecule has 0 spiro atoms. The lowest BCUT2D eigenvalue weighted by Gasteiger charge is -2.27. The Kier molecular flexibility index (Phi) is 13.1. The second-order valence-electron chi connectivity index (χ2n) is 15.4. The SMILES string of the molecule is C=C1C=Cc2cc(C(=O)Nc3cccc(Cl)c3)[nH]c2N1c1ccc(OC(F)(F)F)cc1.C=C1C=Cc2cc(C(=O)Nc3cccc(Oc4ccccc4)c3)[nH]c2N1c1ccc(OC(C)C)cc1. The first-order valence-electron chi connectivity index (χ1n) is 20.8. The first kappa shape index (κ1) is 45.2. The number of carbonyl (C=O) groups is 2. The van der Waals surface area contributed by atoms with Crippen LogP contribution in [0.5, 0.6) is 23.0 Å². The molecule has 2 aromatic heterocycles. The van der Waals surface area contributed by atoms with Crippen molar-refractivity contribution < 1.29 is 37.0 Å². The fraction of sp³-hybridized carbons (Fsp3) is 0.0769. The largest absolute Gasteiger partial charge is 0.573 e. The summed E-state index contributed by atoms with van der Waals surface area (Å²) in [6.07, 6.45) is 2.76. The van der Waals surface area contributed by atoms with Gasteiger partial charge in [-0.15, -0.1) is 13.2 Å². The van der Waals surface area contributed by atoms with Crippen LogP contribution in [-0.2, 0) is 0 Å². The summed E-state index contributed by atoms with van der Waals surface area (Å²) in [5.74, 6) is 2.57. The number of halogens is 4. The average Bonchev–Trinajstić information content (AvgIpc) is 3.93. The minimum absolute atomic E-state index is 0.102. The van der Waals surface area contributed by atoms with Crippen molar-refractivity contribution in [3.8, 4) is 23.0 Å². The van der Waals surface area contributed by atoms with E-state index >= 15 is 0 Å². The van der Waals surface area contributed by atoms with Gasteiger partial charge in [-0.2, -0.15) is 0 Å². The van der Waals surface area contributed by atoms with Gasteiger partial charge in [-0.3, -0.25) is 19.4 Å². The molecule has 9 rings (SSSR count). The number of benzene rings is 5. The first-order chi connectivity index (χ1) is 32.2. The zero-order chi connectivity index (χ0) is 47.2. The van der Waals surface area contributed by atoms with Gasteiger partial charge >= 0.3 is 6.36 Å². The number of para-hydroxylation sites is 1. The first-order valence-corrected chi connectivity index (χ1v) is 21.2. The van der Waals surface area contributed by atoms with E-state index < -0.39 is 6.36 Å². The number of amides is 2. The molecule has 0 aliphatic carbocycles. The normalized spacial score (nSPS) is 12.8. The molecule has 67 heavy (non-hydrogen) atoms. The summed E-state index contributed by atoms with van der Waals surface area (Å²) in [6.45, 7) is 12.1. The van der Waals surface area contributed by atoms with Gasteiger partial charge in [0.25, 0.3) is 11.8 Å². The van der Waals surface area contributed by atoms with Crippen LogP contribution in [-0.4, -0.2) is 34.2 Å². The third-order valence-electron chi connectivity index (χ3n) is 10.0. The average molecular weight is 923 g/mol. The van der Waals surface area contributed by atoms with Gasteiger partial charge in [-0.25, -0.2) is 0 Å². The van der Waals surface area contributed by atoms with E-state index in [1.807, 2.05) is 110 Å². The molecule has 15 heteroatoms. The van der Waals surface area contributed by atoms with Gasteiger partial charge < -0.3 is 34.8 Å². The molecule has 2 aliphatic heterocycles. The van der Waals surface area contributed by atoms with Crippen LogP contribution in [0.3, 0.4) is 0 Å². The highest BCUT2D eigenvalue weighted by Crippen LogP contribution is 2.39. The van der Waals surface area contributed by atoms with Gasteiger partial charge in [0.15, 0.2) is 0 Å². The van der Waals surface area contributed by atoms with Gasteiger partial charge in [0.2, 0.25) is 0 Å². The number of allylic oxidation sites excluding steroid dienone is 2. The van der Waals surface area contributed by atoms with E-state index in [9.17, 15) is 22.8 Å². The number of alkyl halides is 3. The van der Waals surface area contributed by atoms with Crippen molar-refractivity contribution in [3.63, 3.8) is 0 Å². The van der Waals surface area contributed by atoms with E-state index in [2.05, 4.69) is 38.5 Å². The Morgan fingerprint density at radius 1 is 0.597 bits per heavy atom. The lowest BCUT2D eigenvalue weighted by molar-refractivity contribution is -0.274. The summed E-state index contributed by atoms with van der Waals surface area (Å²) in [6, 6.07) is 40.3. The van der Waals surface area contributed by atoms with Crippen molar-refractivity contribution in [1.29, 1.82) is 0 Å². The smallest absolute Gasteiger partial charge is 0.491 e. The molecule has 0 saturated carbocycles. The minimum atomic E-state index is -4.77. The van der Waals surface area contributed by atoms with Gasteiger partial charge in [0.05, 0.1) is 6.10 Å². The number of ether oxygens (including phenoxy) is 3. The second-order valence-corrected chi connectivity index (χ2v) is 15.8. The Hall–Kier alpha value is -8.36. The number of anilines is 6. The third-order valence-corrected chi connectivity index (χ3v) is 10.3. The number of hydrogen-bond donors (Lipinski definition) is 4. The fourth-order valence-corrected chi connectivity index (χ4v) is 7.34. The van der Waals surface area contributed by atoms with Crippen molar-refractivity contribution in [2.75, 3.05) is 20.4 Å². The maximum absolute atomic E-state index is 13.1. The molecule has 0 radical (unpaired) electrons. The topological polar surface area (TPSA) is 124 Å². The van der Waals surface area contributed by atoms with Crippen LogP contribution in [0.2, 0.25) is 5.02 Å². The molecule has 0 atom stereocenters. The third kappa shape index (κ3) is 11.1. The number of H-pyrrole nitrogens is 2. The summed E-state index contributed by atoms with van der Waals surface area (Å²) in [5.41, 5.74) is 6.37. The fourth-order valence-electron chi connectivity index (χ4n) is 7.15. The van der Waals surface area contributed by atoms with Crippen molar-refractivity contribution >= 4 is 70.0 Å². The Bertz CT molecular complexity index is 3010. The predicted molar refractivity (Wildman–Crippen MR) is 258 cm³/mol. The molecule has 0 bridgehead atoms. The maximum Gasteiger partial charge on any atom is 0.573 e. The number of rotatable bonds is 11. The standard InChI is InChI=1S/C30H27N3O3.C22H15ClF3N3O2/c1-20(2)35-26-16-14-24(15-17-26)33-21(3)12-13-22-18-28(32-29(22)33)30(34)31-23-8-7-11-27(19-23)36-25-9-5-4-6-10-25;1-13-5-6-14-11-19(21(30)27-16-4-2-3-15(23)12-16)28-20(14)29(13)17-7-9-18(10-8-17)31-22(24,25)26/h4-20,32H,3H2,1-2H3,(H,31,34);2-12,28H,1H2,(H,27,30). The van der Waals surface area contributed by atoms with E-state index in [4.69, 9.17) is 21.1 Å². The lowest BCUT2D eigenvalue weighted by Crippen LogP contribution is -2.19. The highest BCUT2D eigenvalue weighted by molar-refractivity contribution is 6.31. The zero-order valence-electron chi connectivity index (χ0n) is 36.0. The van der Waals surface area contributed by atoms with Gasteiger partial charge in [-0.05, 0) is 141 Å². The molecule has 11 nitrogen and oxygen atoms in total. The molecule has 7 aromatic rings. The van der Waals surface area contributed by atoms with E-state index in [1.54, 1.807) is 53.5 Å². The van der Waals surface area contributed by atoms with Crippen LogP contribution in [0, 0.1) is 0 Å². The van der Waals surface area contributed by atoms with Crippen LogP contribution >= 0.6 is 11.6 Å². The second kappa shape index (κ2) is 19.4. The summed E-state index contributed by atoms with van der Waals surface area (Å²) in [4.78, 5) is 35.8. The number of hydrogen-bond acceptors (Lipinski definition) is 7. The molecule has 2 aliphatic rings. The highest BCUT2D eigenvalue weighted by Gasteiger charge is 2.31. The highest BCUT2D eigenvalue weighted by atomic mass is 35.5. The molecular formula is C52H42ClF3N6O5. The Labute approximate surface area is 389 Å². The maximum atomic E-state index is 13.1. The number of aromatic nitrogens is 2.